The summed E-state index contributed by atoms with van der Waals surface area (Å²) >= 11 is 0. The molecule has 0 spiro atoms. The fraction of sp³-hybridized carbons (Fsp3) is 0.333. The quantitative estimate of drug-likeness (QED) is 0.800. The lowest BCUT2D eigenvalue weighted by Crippen LogP contribution is -2.07. The zero-order chi connectivity index (χ0) is 14.4. The van der Waals surface area contributed by atoms with E-state index in [1.165, 1.54) is 6.07 Å². The Labute approximate surface area is 121 Å². The van der Waals surface area contributed by atoms with Crippen molar-refractivity contribution in [2.75, 3.05) is 6.54 Å². The van der Waals surface area contributed by atoms with Gasteiger partial charge in [-0.25, -0.2) is 14.4 Å². The van der Waals surface area contributed by atoms with E-state index >= 15 is 0 Å². The largest absolute Gasteiger partial charge is 0.335 e. The van der Waals surface area contributed by atoms with Crippen LogP contribution in [0.15, 0.2) is 30.7 Å². The van der Waals surface area contributed by atoms with Gasteiger partial charge in [0.05, 0.1) is 17.4 Å². The summed E-state index contributed by atoms with van der Waals surface area (Å²) in [4.78, 5) is 9.07. The van der Waals surface area contributed by atoms with E-state index in [2.05, 4.69) is 14.5 Å². The summed E-state index contributed by atoms with van der Waals surface area (Å²) in [6, 6.07) is 5.14. The summed E-state index contributed by atoms with van der Waals surface area (Å²) in [6.07, 6.45) is 5.93. The van der Waals surface area contributed by atoms with Gasteiger partial charge in [-0.3, -0.25) is 0 Å². The molecule has 3 aromatic rings. The van der Waals surface area contributed by atoms with Gasteiger partial charge in [0.15, 0.2) is 5.82 Å². The van der Waals surface area contributed by atoms with Crippen molar-refractivity contribution in [1.82, 2.24) is 19.1 Å². The van der Waals surface area contributed by atoms with Gasteiger partial charge in [-0.05, 0) is 31.0 Å². The molecule has 21 heavy (non-hydrogen) atoms. The summed E-state index contributed by atoms with van der Waals surface area (Å²) in [5.41, 5.74) is 8.04. The van der Waals surface area contributed by atoms with Crippen LogP contribution in [0.25, 0.3) is 22.6 Å². The van der Waals surface area contributed by atoms with Crippen molar-refractivity contribution in [3.05, 3.63) is 36.5 Å². The Balaban J connectivity index is 1.88. The molecule has 0 atom stereocenters. The molecule has 2 N–H and O–H groups in total. The normalized spacial score (nSPS) is 15.0. The number of benzene rings is 1. The van der Waals surface area contributed by atoms with Crippen LogP contribution in [0.4, 0.5) is 4.39 Å². The van der Waals surface area contributed by atoms with Gasteiger partial charge in [-0.15, -0.1) is 0 Å². The van der Waals surface area contributed by atoms with Crippen molar-refractivity contribution < 1.29 is 4.39 Å². The fourth-order valence-electron chi connectivity index (χ4n) is 2.70. The number of halogens is 1. The number of rotatable bonds is 4. The van der Waals surface area contributed by atoms with Crippen LogP contribution < -0.4 is 5.73 Å². The van der Waals surface area contributed by atoms with Gasteiger partial charge >= 0.3 is 0 Å². The highest BCUT2D eigenvalue weighted by Gasteiger charge is 2.29. The molecule has 2 aromatic heterocycles. The van der Waals surface area contributed by atoms with Gasteiger partial charge in [0.2, 0.25) is 0 Å². The summed E-state index contributed by atoms with van der Waals surface area (Å²) in [5.74, 6) is 0.582. The third kappa shape index (κ3) is 2.12. The first-order valence-electron chi connectivity index (χ1n) is 7.16. The Morgan fingerprint density at radius 1 is 1.33 bits per heavy atom. The predicted octanol–water partition coefficient (Wildman–Crippen LogP) is 2.33. The first-order valence-corrected chi connectivity index (χ1v) is 7.16. The van der Waals surface area contributed by atoms with Crippen molar-refractivity contribution >= 4 is 11.0 Å². The number of hydrogen-bond acceptors (Lipinski definition) is 3. The predicted molar refractivity (Wildman–Crippen MR) is 78.2 cm³/mol. The van der Waals surface area contributed by atoms with Crippen LogP contribution >= 0.6 is 0 Å². The maximum atomic E-state index is 13.5. The van der Waals surface area contributed by atoms with Crippen LogP contribution in [0.3, 0.4) is 0 Å². The van der Waals surface area contributed by atoms with Crippen molar-refractivity contribution in [3.63, 3.8) is 0 Å². The van der Waals surface area contributed by atoms with Crippen LogP contribution in [0.1, 0.15) is 18.9 Å². The number of nitrogens with two attached hydrogens (primary N) is 1. The molecule has 1 aliphatic rings. The van der Waals surface area contributed by atoms with E-state index in [1.807, 2.05) is 10.8 Å². The highest BCUT2D eigenvalue weighted by molar-refractivity contribution is 5.80. The highest BCUT2D eigenvalue weighted by atomic mass is 19.1. The molecule has 108 valence electrons. The van der Waals surface area contributed by atoms with Crippen molar-refractivity contribution in [1.29, 1.82) is 0 Å². The molecule has 1 aromatic carbocycles. The van der Waals surface area contributed by atoms with Gasteiger partial charge < -0.3 is 14.9 Å². The van der Waals surface area contributed by atoms with Gasteiger partial charge in [-0.2, -0.15) is 0 Å². The van der Waals surface area contributed by atoms with Crippen LogP contribution in [0.5, 0.6) is 0 Å². The second-order valence-corrected chi connectivity index (χ2v) is 5.46. The summed E-state index contributed by atoms with van der Waals surface area (Å²) in [7, 11) is 0. The average Bonchev–Trinajstić information content (AvgIpc) is 3.08. The molecular formula is C15H16FN5. The molecule has 1 fully saturated rings. The lowest BCUT2D eigenvalue weighted by Gasteiger charge is -2.05. The highest BCUT2D eigenvalue weighted by Crippen LogP contribution is 2.41. The maximum Gasteiger partial charge on any atom is 0.161 e. The van der Waals surface area contributed by atoms with E-state index in [1.54, 1.807) is 18.5 Å². The van der Waals surface area contributed by atoms with Crippen LogP contribution in [-0.2, 0) is 6.54 Å². The Hall–Kier alpha value is -2.21. The van der Waals surface area contributed by atoms with Gasteiger partial charge in [0, 0.05) is 25.3 Å². The minimum Gasteiger partial charge on any atom is -0.335 e. The Morgan fingerprint density at radius 2 is 2.19 bits per heavy atom. The number of aromatic nitrogens is 4. The summed E-state index contributed by atoms with van der Waals surface area (Å²) in [5, 5.41) is 0. The van der Waals surface area contributed by atoms with Crippen LogP contribution in [0.2, 0.25) is 0 Å². The molecule has 1 aliphatic carbocycles. The van der Waals surface area contributed by atoms with E-state index in [0.717, 1.165) is 41.9 Å². The molecule has 0 aliphatic heterocycles. The van der Waals surface area contributed by atoms with Crippen molar-refractivity contribution in [2.45, 2.75) is 25.4 Å². The molecule has 1 saturated carbocycles. The first-order chi connectivity index (χ1) is 10.3. The van der Waals surface area contributed by atoms with Gasteiger partial charge in [0.25, 0.3) is 0 Å². The van der Waals surface area contributed by atoms with Crippen molar-refractivity contribution in [2.24, 2.45) is 5.73 Å². The Kier molecular flexibility index (Phi) is 2.78. The molecule has 0 bridgehead atoms. The van der Waals surface area contributed by atoms with E-state index in [-0.39, 0.29) is 5.82 Å². The summed E-state index contributed by atoms with van der Waals surface area (Å²) < 4.78 is 17.6. The molecule has 0 unspecified atom stereocenters. The SMILES string of the molecule is NCCn1cnc(-c2nc3ccc(F)cc3n2C2CC2)c1. The molecule has 5 nitrogen and oxygen atoms in total. The lowest BCUT2D eigenvalue weighted by atomic mass is 10.3. The number of imidazole rings is 2. The first kappa shape index (κ1) is 12.5. The Bertz CT molecular complexity index is 800. The van der Waals surface area contributed by atoms with E-state index in [9.17, 15) is 4.39 Å². The number of nitrogens with zero attached hydrogens (tertiary/aromatic N) is 4. The minimum atomic E-state index is -0.232. The molecular weight excluding hydrogens is 269 g/mol. The Morgan fingerprint density at radius 3 is 2.95 bits per heavy atom. The second-order valence-electron chi connectivity index (χ2n) is 5.46. The number of fused-ring (bicyclic) bond motifs is 1. The molecule has 0 radical (unpaired) electrons. The zero-order valence-corrected chi connectivity index (χ0v) is 11.5. The van der Waals surface area contributed by atoms with E-state index in [0.29, 0.717) is 12.6 Å². The van der Waals surface area contributed by atoms with E-state index in [4.69, 9.17) is 5.73 Å². The van der Waals surface area contributed by atoms with Crippen molar-refractivity contribution in [3.8, 4) is 11.5 Å². The molecule has 2 heterocycles. The monoisotopic (exact) mass is 285 g/mol. The van der Waals surface area contributed by atoms with Crippen LogP contribution in [0, 0.1) is 5.82 Å². The third-order valence-corrected chi connectivity index (χ3v) is 3.81. The van der Waals surface area contributed by atoms with Gasteiger partial charge in [-0.1, -0.05) is 0 Å². The van der Waals surface area contributed by atoms with Crippen LogP contribution in [-0.4, -0.2) is 25.6 Å². The standard InChI is InChI=1S/C15H16FN5/c16-10-1-4-12-14(7-10)21(11-2-3-11)15(19-12)13-8-20(6-5-17)9-18-13/h1,4,7-9,11H,2-3,5-6,17H2. The number of hydrogen-bond donors (Lipinski definition) is 1. The molecule has 4 rings (SSSR count). The maximum absolute atomic E-state index is 13.5. The fourth-order valence-corrected chi connectivity index (χ4v) is 2.70. The topological polar surface area (TPSA) is 61.7 Å². The second kappa shape index (κ2) is 4.66. The zero-order valence-electron chi connectivity index (χ0n) is 11.5. The molecule has 6 heteroatoms. The lowest BCUT2D eigenvalue weighted by molar-refractivity contribution is 0.628. The third-order valence-electron chi connectivity index (χ3n) is 3.81. The molecule has 0 saturated heterocycles. The molecule has 0 amide bonds. The van der Waals surface area contributed by atoms with Gasteiger partial charge in [0.1, 0.15) is 11.5 Å². The minimum absolute atomic E-state index is 0.232. The average molecular weight is 285 g/mol. The van der Waals surface area contributed by atoms with E-state index < -0.39 is 0 Å². The smallest absolute Gasteiger partial charge is 0.161 e. The summed E-state index contributed by atoms with van der Waals surface area (Å²) in [6.45, 7) is 1.30.